The van der Waals surface area contributed by atoms with Crippen LogP contribution in [0.25, 0.3) is 0 Å². The number of anilines is 2. The van der Waals surface area contributed by atoms with Crippen molar-refractivity contribution in [3.05, 3.63) is 24.3 Å². The van der Waals surface area contributed by atoms with Crippen LogP contribution in [0.5, 0.6) is 0 Å². The van der Waals surface area contributed by atoms with Gasteiger partial charge in [0.1, 0.15) is 0 Å². The maximum absolute atomic E-state index is 11.9. The molecule has 0 aromatic heterocycles. The summed E-state index contributed by atoms with van der Waals surface area (Å²) in [4.78, 5) is 11.9. The lowest BCUT2D eigenvalue weighted by Crippen LogP contribution is -2.48. The van der Waals surface area contributed by atoms with Gasteiger partial charge in [0, 0.05) is 17.6 Å². The first-order chi connectivity index (χ1) is 9.26. The van der Waals surface area contributed by atoms with Gasteiger partial charge in [-0.2, -0.15) is 0 Å². The molecule has 7 heteroatoms. The van der Waals surface area contributed by atoms with E-state index in [4.69, 9.17) is 5.73 Å². The smallest absolute Gasteiger partial charge is 0.229 e. The number of nitrogens with one attached hydrogen (secondary N) is 2. The quantitative estimate of drug-likeness (QED) is 0.761. The third-order valence-corrected chi connectivity index (χ3v) is 3.92. The van der Waals surface area contributed by atoms with Gasteiger partial charge in [0.25, 0.3) is 0 Å². The van der Waals surface area contributed by atoms with Crippen molar-refractivity contribution in [1.82, 2.24) is 0 Å². The molecule has 4 N–H and O–H groups in total. The summed E-state index contributed by atoms with van der Waals surface area (Å²) in [5.74, 6) is -0.149. The first-order valence-electron chi connectivity index (χ1n) is 6.42. The molecule has 0 atom stereocenters. The Kier molecular flexibility index (Phi) is 4.01. The van der Waals surface area contributed by atoms with E-state index in [0.717, 1.165) is 25.5 Å². The zero-order chi connectivity index (χ0) is 14.8. The second-order valence-corrected chi connectivity index (χ2v) is 7.14. The number of carbonyl (C=O) groups is 1. The first kappa shape index (κ1) is 14.8. The van der Waals surface area contributed by atoms with Crippen LogP contribution in [0.2, 0.25) is 0 Å². The first-order valence-corrected chi connectivity index (χ1v) is 8.32. The Morgan fingerprint density at radius 3 is 2.55 bits per heavy atom. The molecule has 1 saturated carbocycles. The second-order valence-electron chi connectivity index (χ2n) is 5.40. The van der Waals surface area contributed by atoms with Crippen LogP contribution in [-0.2, 0) is 14.8 Å². The zero-order valence-corrected chi connectivity index (χ0v) is 12.2. The van der Waals surface area contributed by atoms with Gasteiger partial charge in [0.15, 0.2) is 0 Å². The van der Waals surface area contributed by atoms with Gasteiger partial charge >= 0.3 is 0 Å². The molecule has 1 aliphatic rings. The minimum absolute atomic E-state index is 0.149. The summed E-state index contributed by atoms with van der Waals surface area (Å²) in [6.07, 6.45) is 4.17. The lowest BCUT2D eigenvalue weighted by atomic mass is 9.75. The normalized spacial score (nSPS) is 17.1. The maximum Gasteiger partial charge on any atom is 0.229 e. The fraction of sp³-hybridized carbons (Fsp3) is 0.462. The predicted octanol–water partition coefficient (Wildman–Crippen LogP) is 1.27. The third-order valence-electron chi connectivity index (χ3n) is 3.31. The van der Waals surface area contributed by atoms with Gasteiger partial charge in [-0.1, -0.05) is 6.07 Å². The topological polar surface area (TPSA) is 101 Å². The van der Waals surface area contributed by atoms with Crippen LogP contribution in [0.1, 0.15) is 25.7 Å². The van der Waals surface area contributed by atoms with Crippen molar-refractivity contribution in [2.75, 3.05) is 16.3 Å². The molecular weight excluding hydrogens is 278 g/mol. The number of rotatable bonds is 5. The molecule has 0 unspecified atom stereocenters. The van der Waals surface area contributed by atoms with E-state index in [-0.39, 0.29) is 17.9 Å². The van der Waals surface area contributed by atoms with Gasteiger partial charge in [0.2, 0.25) is 15.9 Å². The number of amides is 1. The van der Waals surface area contributed by atoms with E-state index >= 15 is 0 Å². The lowest BCUT2D eigenvalue weighted by molar-refractivity contribution is -0.118. The van der Waals surface area contributed by atoms with Crippen LogP contribution in [0.4, 0.5) is 11.4 Å². The summed E-state index contributed by atoms with van der Waals surface area (Å²) in [5.41, 5.74) is 6.61. The van der Waals surface area contributed by atoms with Crippen molar-refractivity contribution < 1.29 is 13.2 Å². The maximum atomic E-state index is 11.9. The average Bonchev–Trinajstić information content (AvgIpc) is 2.24. The number of carbonyl (C=O) groups excluding carboxylic acids is 1. The van der Waals surface area contributed by atoms with Gasteiger partial charge in [-0.05, 0) is 37.5 Å². The molecule has 0 radical (unpaired) electrons. The zero-order valence-electron chi connectivity index (χ0n) is 11.3. The summed E-state index contributed by atoms with van der Waals surface area (Å²) in [6.45, 7) is 0. The number of hydrogen-bond donors (Lipinski definition) is 3. The van der Waals surface area contributed by atoms with Crippen LogP contribution in [0.3, 0.4) is 0 Å². The molecule has 0 heterocycles. The Bertz CT molecular complexity index is 609. The van der Waals surface area contributed by atoms with Gasteiger partial charge in [-0.15, -0.1) is 0 Å². The molecule has 0 aliphatic heterocycles. The van der Waals surface area contributed by atoms with E-state index in [9.17, 15) is 13.2 Å². The fourth-order valence-electron chi connectivity index (χ4n) is 2.21. The van der Waals surface area contributed by atoms with Crippen molar-refractivity contribution in [1.29, 1.82) is 0 Å². The highest BCUT2D eigenvalue weighted by atomic mass is 32.2. The van der Waals surface area contributed by atoms with Crippen molar-refractivity contribution >= 4 is 27.3 Å². The highest BCUT2D eigenvalue weighted by molar-refractivity contribution is 7.92. The van der Waals surface area contributed by atoms with Crippen molar-refractivity contribution in [3.63, 3.8) is 0 Å². The van der Waals surface area contributed by atoms with Crippen LogP contribution in [0, 0.1) is 0 Å². The van der Waals surface area contributed by atoms with E-state index < -0.39 is 10.0 Å². The van der Waals surface area contributed by atoms with Crippen molar-refractivity contribution in [3.8, 4) is 0 Å². The lowest BCUT2D eigenvalue weighted by Gasteiger charge is -2.37. The van der Waals surface area contributed by atoms with Crippen LogP contribution in [-0.4, -0.2) is 26.1 Å². The minimum atomic E-state index is -3.33. The molecule has 1 aliphatic carbocycles. The molecule has 110 valence electrons. The molecule has 1 aromatic carbocycles. The van der Waals surface area contributed by atoms with Gasteiger partial charge in [-0.3, -0.25) is 9.52 Å². The van der Waals surface area contributed by atoms with Crippen molar-refractivity contribution in [2.24, 2.45) is 5.73 Å². The van der Waals surface area contributed by atoms with E-state index in [0.29, 0.717) is 11.4 Å². The summed E-state index contributed by atoms with van der Waals surface area (Å²) >= 11 is 0. The Morgan fingerprint density at radius 2 is 2.00 bits per heavy atom. The second kappa shape index (κ2) is 5.41. The highest BCUT2D eigenvalue weighted by Crippen LogP contribution is 2.32. The van der Waals surface area contributed by atoms with Crippen LogP contribution < -0.4 is 15.8 Å². The number of nitrogens with two attached hydrogens (primary N) is 1. The molecule has 1 amide bonds. The number of hydrogen-bond acceptors (Lipinski definition) is 4. The number of benzene rings is 1. The van der Waals surface area contributed by atoms with Crippen molar-refractivity contribution in [2.45, 2.75) is 31.2 Å². The molecule has 6 nitrogen and oxygen atoms in total. The van der Waals surface area contributed by atoms with Gasteiger partial charge < -0.3 is 11.1 Å². The summed E-state index contributed by atoms with van der Waals surface area (Å²) < 4.78 is 24.7. The van der Waals surface area contributed by atoms with E-state index in [1.54, 1.807) is 24.3 Å². The summed E-state index contributed by atoms with van der Waals surface area (Å²) in [7, 11) is -3.33. The largest absolute Gasteiger partial charge is 0.326 e. The van der Waals surface area contributed by atoms with Crippen LogP contribution in [0.15, 0.2) is 24.3 Å². The molecule has 20 heavy (non-hydrogen) atoms. The molecule has 2 rings (SSSR count). The molecular formula is C13H19N3O3S. The van der Waals surface area contributed by atoms with E-state index in [2.05, 4.69) is 10.0 Å². The highest BCUT2D eigenvalue weighted by Gasteiger charge is 2.34. The molecule has 0 bridgehead atoms. The Labute approximate surface area is 118 Å². The fourth-order valence-corrected chi connectivity index (χ4v) is 2.76. The van der Waals surface area contributed by atoms with E-state index in [1.165, 1.54) is 0 Å². The average molecular weight is 297 g/mol. The third kappa shape index (κ3) is 4.21. The van der Waals surface area contributed by atoms with Gasteiger partial charge in [0.05, 0.1) is 11.9 Å². The minimum Gasteiger partial charge on any atom is -0.326 e. The van der Waals surface area contributed by atoms with Gasteiger partial charge in [-0.25, -0.2) is 8.42 Å². The molecule has 1 fully saturated rings. The monoisotopic (exact) mass is 297 g/mol. The number of sulfonamides is 1. The summed E-state index contributed by atoms with van der Waals surface area (Å²) in [6, 6.07) is 6.57. The standard InChI is InChI=1S/C13H19N3O3S/c1-20(18,19)16-11-5-2-4-10(8-11)15-12(17)9-13(14)6-3-7-13/h2,4-5,8,16H,3,6-7,9,14H2,1H3,(H,15,17). The Balaban J connectivity index is 1.99. The predicted molar refractivity (Wildman–Crippen MR) is 78.9 cm³/mol. The SMILES string of the molecule is CS(=O)(=O)Nc1cccc(NC(=O)CC2(N)CCC2)c1. The molecule has 0 saturated heterocycles. The molecule has 0 spiro atoms. The summed E-state index contributed by atoms with van der Waals surface area (Å²) in [5, 5.41) is 2.74. The van der Waals surface area contributed by atoms with Crippen LogP contribution >= 0.6 is 0 Å². The Morgan fingerprint density at radius 1 is 1.35 bits per heavy atom. The molecule has 1 aromatic rings. The Hall–Kier alpha value is -1.60. The van der Waals surface area contributed by atoms with E-state index in [1.807, 2.05) is 0 Å².